The average molecular weight is 1050 g/mol. The predicted molar refractivity (Wildman–Crippen MR) is 298 cm³/mol. The highest BCUT2D eigenvalue weighted by Gasteiger charge is 2.22. The minimum Gasteiger partial charge on any atom is -0.496 e. The number of esters is 1. The molecule has 0 fully saturated rings. The van der Waals surface area contributed by atoms with E-state index in [-0.39, 0.29) is 28.8 Å². The van der Waals surface area contributed by atoms with Gasteiger partial charge in [0.25, 0.3) is 5.91 Å². The van der Waals surface area contributed by atoms with Crippen molar-refractivity contribution >= 4 is 23.5 Å². The monoisotopic (exact) mass is 1050 g/mol. The van der Waals surface area contributed by atoms with Crippen molar-refractivity contribution in [2.24, 2.45) is 0 Å². The number of carboxylic acid groups (broad SMARTS) is 1. The standard InChI is InChI=1S/C24H20FN3O2.C20H20N2O3.C18H16N2O3/c1-16-7-13-19(14-8-16)28-15-21(24(29)26-18-11-9-17(25)10-12-18)27-23(28)20-5-3-4-6-22(20)30-2;1-4-25-20(23)17-13-22(15-11-9-14(2)10-12-15)19(21-17)16-7-5-6-8-18(16)24-3;1-12-7-9-13(10-8-12)20-11-15(18(21)22)19-17(20)14-5-3-4-6-16(14)23-2/h3-15H,1-2H3,(H,26,29);5-13H,4H2,1-3H3;3-11H,1-2H3,(H,21,22). The Morgan fingerprint density at radius 1 is 0.487 bits per heavy atom. The number of nitrogens with one attached hydrogen (secondary N) is 1. The number of rotatable bonds is 14. The van der Waals surface area contributed by atoms with Gasteiger partial charge in [-0.05, 0) is 125 Å². The first-order chi connectivity index (χ1) is 37.8. The number of carbonyl (C=O) groups is 3. The maximum Gasteiger partial charge on any atom is 0.358 e. The average Bonchev–Trinajstić information content (AvgIpc) is 4.24. The number of ether oxygens (including phenoxy) is 4. The SMILES string of the molecule is CCOC(=O)c1cn(-c2ccc(C)cc2)c(-c2ccccc2OC)n1.COc1ccccc1-c1nc(C(=O)Nc2ccc(F)cc2)cn1-c1ccc(C)cc1.COc1ccccc1-c1nc(C(=O)O)cn1-c1ccc(C)cc1. The number of aromatic carboxylic acids is 1. The Kier molecular flexibility index (Phi) is 17.3. The van der Waals surface area contributed by atoms with E-state index in [1.165, 1.54) is 30.5 Å². The van der Waals surface area contributed by atoms with Crippen LogP contribution in [0.5, 0.6) is 17.2 Å². The minimum atomic E-state index is -1.06. The lowest BCUT2D eigenvalue weighted by molar-refractivity contribution is 0.0519. The Labute approximate surface area is 450 Å². The zero-order valence-electron chi connectivity index (χ0n) is 44.0. The van der Waals surface area contributed by atoms with E-state index in [1.807, 2.05) is 175 Å². The Morgan fingerprint density at radius 3 is 1.21 bits per heavy atom. The predicted octanol–water partition coefficient (Wildman–Crippen LogP) is 12.8. The Hall–Kier alpha value is -10.1. The number of anilines is 1. The minimum absolute atomic E-state index is 0.00789. The lowest BCUT2D eigenvalue weighted by atomic mass is 10.1. The number of aromatic nitrogens is 6. The molecule has 0 aliphatic heterocycles. The van der Waals surface area contributed by atoms with Gasteiger partial charge in [0.15, 0.2) is 11.4 Å². The number of halogens is 1. The Bertz CT molecular complexity index is 3680. The van der Waals surface area contributed by atoms with E-state index >= 15 is 0 Å². The third-order valence-corrected chi connectivity index (χ3v) is 12.1. The van der Waals surface area contributed by atoms with Gasteiger partial charge in [0.1, 0.15) is 46.2 Å². The molecule has 0 saturated carbocycles. The van der Waals surface area contributed by atoms with Gasteiger partial charge in [0, 0.05) is 41.3 Å². The zero-order valence-corrected chi connectivity index (χ0v) is 44.0. The van der Waals surface area contributed by atoms with Crippen molar-refractivity contribution in [1.82, 2.24) is 28.7 Å². The van der Waals surface area contributed by atoms with E-state index in [0.29, 0.717) is 47.0 Å². The summed E-state index contributed by atoms with van der Waals surface area (Å²) in [5, 5.41) is 12.0. The smallest absolute Gasteiger partial charge is 0.358 e. The molecule has 15 nitrogen and oxygen atoms in total. The summed E-state index contributed by atoms with van der Waals surface area (Å²) in [6, 6.07) is 51.9. The molecule has 0 aliphatic rings. The van der Waals surface area contributed by atoms with Crippen LogP contribution >= 0.6 is 0 Å². The molecule has 394 valence electrons. The second kappa shape index (κ2) is 25.0. The van der Waals surface area contributed by atoms with E-state index in [4.69, 9.17) is 18.9 Å². The van der Waals surface area contributed by atoms with Crippen LogP contribution < -0.4 is 19.5 Å². The summed E-state index contributed by atoms with van der Waals surface area (Å²) in [4.78, 5) is 49.7. The van der Waals surface area contributed by atoms with Crippen LogP contribution in [-0.2, 0) is 4.74 Å². The van der Waals surface area contributed by atoms with Gasteiger partial charge >= 0.3 is 11.9 Å². The number of para-hydroxylation sites is 3. The van der Waals surface area contributed by atoms with Gasteiger partial charge in [-0.15, -0.1) is 0 Å². The van der Waals surface area contributed by atoms with Crippen LogP contribution in [0.15, 0.2) is 188 Å². The molecule has 3 heterocycles. The van der Waals surface area contributed by atoms with Crippen molar-refractivity contribution in [3.05, 3.63) is 228 Å². The first kappa shape index (κ1) is 54.2. The van der Waals surface area contributed by atoms with Crippen molar-refractivity contribution in [2.45, 2.75) is 27.7 Å². The molecule has 0 saturated heterocycles. The normalized spacial score (nSPS) is 10.6. The second-order valence-corrected chi connectivity index (χ2v) is 17.6. The van der Waals surface area contributed by atoms with Gasteiger partial charge in [0.2, 0.25) is 0 Å². The number of carboxylic acids is 1. The number of hydrogen-bond acceptors (Lipinski definition) is 10. The van der Waals surface area contributed by atoms with E-state index in [2.05, 4.69) is 20.3 Å². The number of methoxy groups -OCH3 is 3. The maximum atomic E-state index is 13.1. The molecule has 0 aliphatic carbocycles. The van der Waals surface area contributed by atoms with Crippen LogP contribution in [0.2, 0.25) is 0 Å². The fourth-order valence-corrected chi connectivity index (χ4v) is 8.15. The summed E-state index contributed by atoms with van der Waals surface area (Å²) in [5.74, 6) is 1.48. The Morgan fingerprint density at radius 2 is 0.833 bits per heavy atom. The maximum absolute atomic E-state index is 13.1. The molecule has 7 aromatic carbocycles. The second-order valence-electron chi connectivity index (χ2n) is 17.6. The molecule has 0 unspecified atom stereocenters. The fraction of sp³-hybridized carbons (Fsp3) is 0.129. The highest BCUT2D eigenvalue weighted by molar-refractivity contribution is 6.03. The molecule has 3 aromatic heterocycles. The molecule has 78 heavy (non-hydrogen) atoms. The van der Waals surface area contributed by atoms with Crippen molar-refractivity contribution in [3.63, 3.8) is 0 Å². The number of imidazole rings is 3. The molecule has 0 spiro atoms. The van der Waals surface area contributed by atoms with Crippen LogP contribution in [0.1, 0.15) is 55.1 Å². The summed E-state index contributed by atoms with van der Waals surface area (Å²) in [7, 11) is 4.79. The Balaban J connectivity index is 0.000000156. The van der Waals surface area contributed by atoms with Crippen LogP contribution in [-0.4, -0.2) is 79.5 Å². The number of amides is 1. The van der Waals surface area contributed by atoms with Gasteiger partial charge in [0.05, 0.1) is 44.6 Å². The molecule has 0 bridgehead atoms. The topological polar surface area (TPSA) is 174 Å². The number of benzene rings is 7. The lowest BCUT2D eigenvalue weighted by Crippen LogP contribution is -2.12. The summed E-state index contributed by atoms with van der Waals surface area (Å²) >= 11 is 0. The first-order valence-electron chi connectivity index (χ1n) is 24.7. The molecule has 0 atom stereocenters. The quantitative estimate of drug-likeness (QED) is 0.0992. The summed E-state index contributed by atoms with van der Waals surface area (Å²) in [6.07, 6.45) is 4.91. The van der Waals surface area contributed by atoms with Crippen molar-refractivity contribution in [3.8, 4) is 68.5 Å². The largest absolute Gasteiger partial charge is 0.496 e. The third kappa shape index (κ3) is 12.7. The van der Waals surface area contributed by atoms with Gasteiger partial charge in [-0.1, -0.05) is 89.5 Å². The molecule has 10 rings (SSSR count). The summed E-state index contributed by atoms with van der Waals surface area (Å²) < 4.78 is 40.1. The fourth-order valence-electron chi connectivity index (χ4n) is 8.15. The van der Waals surface area contributed by atoms with Crippen LogP contribution in [0.3, 0.4) is 0 Å². The molecule has 1 amide bonds. The lowest BCUT2D eigenvalue weighted by Gasteiger charge is -2.11. The van der Waals surface area contributed by atoms with Gasteiger partial charge in [-0.25, -0.2) is 28.9 Å². The van der Waals surface area contributed by atoms with E-state index < -0.39 is 11.9 Å². The molecule has 2 N–H and O–H groups in total. The number of carbonyl (C=O) groups excluding carboxylic acids is 2. The number of aryl methyl sites for hydroxylation is 3. The third-order valence-electron chi connectivity index (χ3n) is 12.1. The summed E-state index contributed by atoms with van der Waals surface area (Å²) in [5.41, 5.74) is 9.35. The van der Waals surface area contributed by atoms with Crippen molar-refractivity contribution in [2.75, 3.05) is 33.3 Å². The van der Waals surface area contributed by atoms with E-state index in [0.717, 1.165) is 50.4 Å². The van der Waals surface area contributed by atoms with E-state index in [1.54, 1.807) is 45.2 Å². The number of hydrogen-bond donors (Lipinski definition) is 2. The highest BCUT2D eigenvalue weighted by Crippen LogP contribution is 2.34. The van der Waals surface area contributed by atoms with Gasteiger partial charge < -0.3 is 29.4 Å². The molecular formula is C62H56FN7O8. The van der Waals surface area contributed by atoms with Crippen LogP contribution in [0, 0.1) is 26.6 Å². The van der Waals surface area contributed by atoms with Gasteiger partial charge in [-0.3, -0.25) is 18.5 Å². The number of nitrogens with zero attached hydrogens (tertiary/aromatic N) is 6. The van der Waals surface area contributed by atoms with Gasteiger partial charge in [-0.2, -0.15) is 0 Å². The molecule has 16 heteroatoms. The zero-order chi connectivity index (χ0) is 55.3. The molecule has 0 radical (unpaired) electrons. The van der Waals surface area contributed by atoms with Crippen molar-refractivity contribution in [1.29, 1.82) is 0 Å². The first-order valence-corrected chi connectivity index (χ1v) is 24.7. The molecule has 10 aromatic rings. The van der Waals surface area contributed by atoms with Crippen LogP contribution in [0.25, 0.3) is 51.2 Å². The highest BCUT2D eigenvalue weighted by atomic mass is 19.1. The van der Waals surface area contributed by atoms with E-state index in [9.17, 15) is 23.9 Å². The molecular weight excluding hydrogens is 990 g/mol. The van der Waals surface area contributed by atoms with Crippen molar-refractivity contribution < 1.29 is 42.8 Å². The van der Waals surface area contributed by atoms with Crippen LogP contribution in [0.4, 0.5) is 10.1 Å². The summed E-state index contributed by atoms with van der Waals surface area (Å²) in [6.45, 7) is 8.13.